The van der Waals surface area contributed by atoms with Crippen molar-refractivity contribution in [2.24, 2.45) is 0 Å². The molecular weight excluding hydrogens is 313 g/mol. The van der Waals surface area contributed by atoms with Gasteiger partial charge in [-0.1, -0.05) is 0 Å². The molecule has 71 valence electrons. The van der Waals surface area contributed by atoms with Gasteiger partial charge in [0.15, 0.2) is 0 Å². The normalized spacial score (nSPS) is 9.29. The van der Waals surface area contributed by atoms with Crippen LogP contribution in [0.5, 0.6) is 0 Å². The fourth-order valence-electron chi connectivity index (χ4n) is 1.21. The molecule has 0 nitrogen and oxygen atoms in total. The van der Waals surface area contributed by atoms with Crippen LogP contribution in [0.15, 0.2) is 42.2 Å². The summed E-state index contributed by atoms with van der Waals surface area (Å²) in [6, 6.07) is 12.9. The average molecular weight is 321 g/mol. The van der Waals surface area contributed by atoms with E-state index < -0.39 is 0 Å². The minimum absolute atomic E-state index is 0. The molecule has 0 N–H and O–H groups in total. The van der Waals surface area contributed by atoms with E-state index in [1.54, 1.807) is 0 Å². The van der Waals surface area contributed by atoms with Crippen LogP contribution in [-0.4, -0.2) is 0 Å². The Morgan fingerprint density at radius 2 is 1.57 bits per heavy atom. The van der Waals surface area contributed by atoms with E-state index in [1.807, 2.05) is 0 Å². The first-order chi connectivity index (χ1) is 5.88. The zero-order chi connectivity index (χ0) is 8.39. The van der Waals surface area contributed by atoms with Crippen LogP contribution >= 0.6 is 8.19 Å². The second kappa shape index (κ2) is 6.86. The molecule has 1 atom stereocenters. The van der Waals surface area contributed by atoms with E-state index in [9.17, 15) is 0 Å². The SMILES string of the molecule is [Cl-].[Cl-].[Zr+2][c]1cc[pH]c1-c1ccccc1. The molecule has 0 aliphatic rings. The summed E-state index contributed by atoms with van der Waals surface area (Å²) in [5, 5.41) is 1.54. The number of halogens is 2. The van der Waals surface area contributed by atoms with Crippen molar-refractivity contribution in [2.45, 2.75) is 0 Å². The van der Waals surface area contributed by atoms with Gasteiger partial charge in [0.1, 0.15) is 0 Å². The number of hydrogen-bond acceptors (Lipinski definition) is 0. The maximum absolute atomic E-state index is 2.27. The summed E-state index contributed by atoms with van der Waals surface area (Å²) < 4.78 is 1.51. The van der Waals surface area contributed by atoms with Crippen molar-refractivity contribution in [2.75, 3.05) is 0 Å². The number of hydrogen-bond donors (Lipinski definition) is 0. The van der Waals surface area contributed by atoms with Gasteiger partial charge in [-0.2, -0.15) is 0 Å². The zero-order valence-electron chi connectivity index (χ0n) is 7.30. The average Bonchev–Trinajstić information content (AvgIpc) is 2.53. The van der Waals surface area contributed by atoms with Crippen molar-refractivity contribution in [1.82, 2.24) is 0 Å². The summed E-state index contributed by atoms with van der Waals surface area (Å²) in [6.45, 7) is 0. The molecule has 0 spiro atoms. The van der Waals surface area contributed by atoms with E-state index in [2.05, 4.69) is 42.2 Å². The molecule has 0 aliphatic carbocycles. The van der Waals surface area contributed by atoms with Crippen LogP contribution in [0, 0.1) is 0 Å². The Bertz CT molecular complexity index is 373. The summed E-state index contributed by atoms with van der Waals surface area (Å²) in [4.78, 5) is 0. The third kappa shape index (κ3) is 3.25. The van der Waals surface area contributed by atoms with Gasteiger partial charge in [0.2, 0.25) is 0 Å². The first kappa shape index (κ1) is 14.5. The van der Waals surface area contributed by atoms with Crippen LogP contribution in [-0.2, 0) is 24.7 Å². The monoisotopic (exact) mass is 319 g/mol. The van der Waals surface area contributed by atoms with Crippen LogP contribution in [0.4, 0.5) is 0 Å². The number of benzene rings is 1. The van der Waals surface area contributed by atoms with Gasteiger partial charge < -0.3 is 24.8 Å². The van der Waals surface area contributed by atoms with Gasteiger partial charge >= 0.3 is 89.2 Å². The molecule has 2 rings (SSSR count). The fraction of sp³-hybridized carbons (Fsp3) is 0. The molecule has 0 fully saturated rings. The third-order valence-corrected chi connectivity index (χ3v) is 4.63. The van der Waals surface area contributed by atoms with Gasteiger partial charge in [-0.05, 0) is 0 Å². The van der Waals surface area contributed by atoms with Crippen LogP contribution in [0.3, 0.4) is 0 Å². The van der Waals surface area contributed by atoms with Crippen LogP contribution in [0.2, 0.25) is 0 Å². The van der Waals surface area contributed by atoms with Crippen molar-refractivity contribution in [3.63, 3.8) is 0 Å². The second-order valence-corrected chi connectivity index (χ2v) is 5.08. The first-order valence-electron chi connectivity index (χ1n) is 3.82. The van der Waals surface area contributed by atoms with Gasteiger partial charge in [-0.25, -0.2) is 0 Å². The summed E-state index contributed by atoms with van der Waals surface area (Å²) >= 11 is 1.53. The molecular formula is C10H8Cl2PZr. The Labute approximate surface area is 113 Å². The molecule has 0 radical (unpaired) electrons. The molecule has 1 unspecified atom stereocenters. The van der Waals surface area contributed by atoms with Crippen molar-refractivity contribution in [3.8, 4) is 10.9 Å². The van der Waals surface area contributed by atoms with E-state index in [1.165, 1.54) is 38.8 Å². The quantitative estimate of drug-likeness (QED) is 0.513. The van der Waals surface area contributed by atoms with Gasteiger partial charge in [0.05, 0.1) is 0 Å². The third-order valence-electron chi connectivity index (χ3n) is 1.81. The van der Waals surface area contributed by atoms with Crippen molar-refractivity contribution in [3.05, 3.63) is 42.2 Å². The Kier molecular flexibility index (Phi) is 7.08. The standard InChI is InChI=1S/C10H8P.2ClH.Zr/c1-2-5-9(6-3-1)10-7-4-8-11-10;;;/h1-6,8,11H;2*1H;/q;;;+2/p-2. The molecule has 14 heavy (non-hydrogen) atoms. The molecule has 1 heterocycles. The predicted octanol–water partition coefficient (Wildman–Crippen LogP) is -3.43. The predicted molar refractivity (Wildman–Crippen MR) is 51.0 cm³/mol. The zero-order valence-corrected chi connectivity index (χ0v) is 12.3. The van der Waals surface area contributed by atoms with Gasteiger partial charge in [-0.3, -0.25) is 0 Å². The molecule has 1 aromatic heterocycles. The van der Waals surface area contributed by atoms with Crippen LogP contribution in [0.1, 0.15) is 0 Å². The van der Waals surface area contributed by atoms with Crippen LogP contribution in [0.25, 0.3) is 10.9 Å². The van der Waals surface area contributed by atoms with Crippen molar-refractivity contribution in [1.29, 1.82) is 0 Å². The molecule has 0 aliphatic heterocycles. The summed E-state index contributed by atoms with van der Waals surface area (Å²) in [5.41, 5.74) is 1.40. The van der Waals surface area contributed by atoms with E-state index in [0.29, 0.717) is 0 Å². The Hall–Kier alpha value is 0.463. The van der Waals surface area contributed by atoms with Gasteiger partial charge in [0, 0.05) is 0 Å². The molecule has 2 aromatic rings. The summed E-state index contributed by atoms with van der Waals surface area (Å²) in [6.07, 6.45) is 0. The minimum atomic E-state index is 0. The van der Waals surface area contributed by atoms with E-state index in [-0.39, 0.29) is 24.8 Å². The molecule has 4 heteroatoms. The second-order valence-electron chi connectivity index (χ2n) is 2.63. The summed E-state index contributed by atoms with van der Waals surface area (Å²) in [5.74, 6) is 2.27. The first-order valence-corrected chi connectivity index (χ1v) is 6.13. The van der Waals surface area contributed by atoms with E-state index >= 15 is 0 Å². The molecule has 0 amide bonds. The summed E-state index contributed by atoms with van der Waals surface area (Å²) in [7, 11) is 0.879. The molecule has 0 saturated heterocycles. The van der Waals surface area contributed by atoms with E-state index in [0.717, 1.165) is 8.19 Å². The number of rotatable bonds is 1. The van der Waals surface area contributed by atoms with Gasteiger partial charge in [-0.15, -0.1) is 0 Å². The van der Waals surface area contributed by atoms with Gasteiger partial charge in [0.25, 0.3) is 0 Å². The topological polar surface area (TPSA) is 0 Å². The Balaban J connectivity index is 0.000000845. The Morgan fingerprint density at radius 3 is 2.07 bits per heavy atom. The fourth-order valence-corrected chi connectivity index (χ4v) is 3.70. The Morgan fingerprint density at radius 1 is 0.929 bits per heavy atom. The molecule has 0 bridgehead atoms. The van der Waals surface area contributed by atoms with E-state index in [4.69, 9.17) is 0 Å². The van der Waals surface area contributed by atoms with Crippen molar-refractivity contribution >= 4 is 11.5 Å². The molecule has 1 aromatic carbocycles. The molecule has 0 saturated carbocycles. The van der Waals surface area contributed by atoms with Crippen molar-refractivity contribution < 1.29 is 49.5 Å². The maximum atomic E-state index is 2.27. The van der Waals surface area contributed by atoms with Crippen LogP contribution < -0.4 is 28.1 Å².